The minimum absolute atomic E-state index is 0.134. The molecule has 1 heterocycles. The molecule has 1 amide bonds. The van der Waals surface area contributed by atoms with E-state index in [1.807, 2.05) is 18.2 Å². The Balaban J connectivity index is 1.53. The van der Waals surface area contributed by atoms with Crippen molar-refractivity contribution in [3.05, 3.63) is 24.3 Å². The maximum absolute atomic E-state index is 12.2. The molecule has 118 valence electrons. The van der Waals surface area contributed by atoms with Gasteiger partial charge in [-0.1, -0.05) is 50.6 Å². The van der Waals surface area contributed by atoms with E-state index in [1.54, 1.807) is 23.1 Å². The highest BCUT2D eigenvalue weighted by atomic mass is 32.2. The van der Waals surface area contributed by atoms with Crippen LogP contribution >= 0.6 is 23.1 Å². The maximum Gasteiger partial charge on any atom is 0.230 e. The first kappa shape index (κ1) is 15.8. The largest absolute Gasteiger partial charge is 0.352 e. The highest BCUT2D eigenvalue weighted by Gasteiger charge is 2.28. The molecule has 0 bridgehead atoms. The molecule has 1 saturated carbocycles. The van der Waals surface area contributed by atoms with Crippen LogP contribution in [0.3, 0.4) is 0 Å². The first-order chi connectivity index (χ1) is 10.6. The van der Waals surface area contributed by atoms with Crippen LogP contribution in [0.15, 0.2) is 28.6 Å². The fourth-order valence-electron chi connectivity index (χ4n) is 3.07. The summed E-state index contributed by atoms with van der Waals surface area (Å²) in [5.41, 5.74) is 1.02. The molecule has 0 unspecified atom stereocenters. The molecule has 22 heavy (non-hydrogen) atoms. The molecule has 0 radical (unpaired) electrons. The molecule has 1 aromatic heterocycles. The zero-order valence-corrected chi connectivity index (χ0v) is 14.7. The van der Waals surface area contributed by atoms with E-state index in [9.17, 15) is 4.79 Å². The summed E-state index contributed by atoms with van der Waals surface area (Å²) in [5, 5.41) is 3.22. The van der Waals surface area contributed by atoms with Gasteiger partial charge in [0.1, 0.15) is 0 Å². The van der Waals surface area contributed by atoms with Gasteiger partial charge < -0.3 is 5.32 Å². The zero-order chi connectivity index (χ0) is 15.5. The van der Waals surface area contributed by atoms with Crippen LogP contribution in [0, 0.1) is 11.8 Å². The number of thiazole rings is 1. The van der Waals surface area contributed by atoms with Crippen molar-refractivity contribution < 1.29 is 4.79 Å². The molecular weight excluding hydrogens is 312 g/mol. The molecule has 3 nitrogen and oxygen atoms in total. The van der Waals surface area contributed by atoms with Crippen molar-refractivity contribution in [2.45, 2.75) is 43.5 Å². The SMILES string of the molecule is C[C@@H]1[C@H](C)CCC[C@@H]1NC(=O)CSc1nc2ccccc2s1. The minimum Gasteiger partial charge on any atom is -0.352 e. The number of aromatic nitrogens is 1. The molecule has 5 heteroatoms. The number of thioether (sulfide) groups is 1. The van der Waals surface area contributed by atoms with Crippen molar-refractivity contribution in [2.75, 3.05) is 5.75 Å². The van der Waals surface area contributed by atoms with E-state index in [0.29, 0.717) is 23.6 Å². The molecular formula is C17H22N2OS2. The number of nitrogens with one attached hydrogen (secondary N) is 1. The average Bonchev–Trinajstić information content (AvgIpc) is 2.93. The number of hydrogen-bond acceptors (Lipinski definition) is 4. The fraction of sp³-hybridized carbons (Fsp3) is 0.529. The Bertz CT molecular complexity index is 622. The van der Waals surface area contributed by atoms with Gasteiger partial charge in [-0.15, -0.1) is 11.3 Å². The van der Waals surface area contributed by atoms with Crippen LogP contribution in [0.25, 0.3) is 10.2 Å². The summed E-state index contributed by atoms with van der Waals surface area (Å²) in [5.74, 6) is 1.87. The van der Waals surface area contributed by atoms with Crippen LogP contribution in [0.1, 0.15) is 33.1 Å². The number of rotatable bonds is 4. The standard InChI is InChI=1S/C17H22N2OS2/c1-11-6-5-8-13(12(11)2)18-16(20)10-21-17-19-14-7-3-4-9-15(14)22-17/h3-4,7,9,11-13H,5-6,8,10H2,1-2H3,(H,18,20)/t11-,12-,13+/m1/s1. The summed E-state index contributed by atoms with van der Waals surface area (Å²) in [4.78, 5) is 16.8. The third kappa shape index (κ3) is 3.63. The monoisotopic (exact) mass is 334 g/mol. The van der Waals surface area contributed by atoms with Gasteiger partial charge in [0.15, 0.2) is 4.34 Å². The van der Waals surface area contributed by atoms with E-state index >= 15 is 0 Å². The smallest absolute Gasteiger partial charge is 0.230 e. The first-order valence-electron chi connectivity index (χ1n) is 7.91. The van der Waals surface area contributed by atoms with Gasteiger partial charge >= 0.3 is 0 Å². The number of amides is 1. The summed E-state index contributed by atoms with van der Waals surface area (Å²) in [6, 6.07) is 8.44. The number of para-hydroxylation sites is 1. The number of benzene rings is 1. The number of carbonyl (C=O) groups is 1. The van der Waals surface area contributed by atoms with Crippen molar-refractivity contribution in [1.29, 1.82) is 0 Å². The van der Waals surface area contributed by atoms with Gasteiger partial charge in [-0.2, -0.15) is 0 Å². The van der Waals surface area contributed by atoms with Crippen molar-refractivity contribution in [2.24, 2.45) is 11.8 Å². The van der Waals surface area contributed by atoms with Gasteiger partial charge in [0.25, 0.3) is 0 Å². The van der Waals surface area contributed by atoms with Crippen molar-refractivity contribution in [1.82, 2.24) is 10.3 Å². The second kappa shape index (κ2) is 7.01. The van der Waals surface area contributed by atoms with Gasteiger partial charge in [-0.05, 0) is 30.4 Å². The van der Waals surface area contributed by atoms with E-state index in [0.717, 1.165) is 16.3 Å². The molecule has 3 rings (SSSR count). The second-order valence-electron chi connectivity index (χ2n) is 6.18. The molecule has 2 aromatic rings. The number of hydrogen-bond donors (Lipinski definition) is 1. The Labute approximate surface area is 139 Å². The molecule has 1 aliphatic carbocycles. The lowest BCUT2D eigenvalue weighted by molar-refractivity contribution is -0.119. The molecule has 0 spiro atoms. The molecule has 3 atom stereocenters. The van der Waals surface area contributed by atoms with Crippen LogP contribution in [-0.2, 0) is 4.79 Å². The number of nitrogens with zero attached hydrogens (tertiary/aromatic N) is 1. The number of carbonyl (C=O) groups excluding carboxylic acids is 1. The molecule has 0 saturated heterocycles. The summed E-state index contributed by atoms with van der Waals surface area (Å²) in [6.07, 6.45) is 3.62. The predicted molar refractivity (Wildman–Crippen MR) is 94.5 cm³/mol. The van der Waals surface area contributed by atoms with Crippen LogP contribution in [0.5, 0.6) is 0 Å². The Kier molecular flexibility index (Phi) is 5.03. The quantitative estimate of drug-likeness (QED) is 0.846. The van der Waals surface area contributed by atoms with E-state index < -0.39 is 0 Å². The molecule has 1 fully saturated rings. The van der Waals surface area contributed by atoms with Crippen LogP contribution in [0.4, 0.5) is 0 Å². The van der Waals surface area contributed by atoms with Gasteiger partial charge in [0, 0.05) is 6.04 Å². The average molecular weight is 335 g/mol. The first-order valence-corrected chi connectivity index (χ1v) is 9.71. The highest BCUT2D eigenvalue weighted by Crippen LogP contribution is 2.31. The summed E-state index contributed by atoms with van der Waals surface area (Å²) < 4.78 is 2.15. The topological polar surface area (TPSA) is 42.0 Å². The maximum atomic E-state index is 12.2. The Morgan fingerprint density at radius 2 is 2.18 bits per heavy atom. The fourth-order valence-corrected chi connectivity index (χ4v) is 4.95. The predicted octanol–water partition coefficient (Wildman–Crippen LogP) is 4.33. The Hall–Kier alpha value is -1.07. The summed E-state index contributed by atoms with van der Waals surface area (Å²) >= 11 is 3.20. The second-order valence-corrected chi connectivity index (χ2v) is 8.43. The van der Waals surface area contributed by atoms with Gasteiger partial charge in [-0.3, -0.25) is 4.79 Å². The van der Waals surface area contributed by atoms with Crippen LogP contribution in [-0.4, -0.2) is 22.7 Å². The third-order valence-corrected chi connectivity index (χ3v) is 6.83. The molecule has 1 aliphatic rings. The Morgan fingerprint density at radius 1 is 1.36 bits per heavy atom. The highest BCUT2D eigenvalue weighted by molar-refractivity contribution is 8.01. The van der Waals surface area contributed by atoms with Gasteiger partial charge in [0.05, 0.1) is 16.0 Å². The van der Waals surface area contributed by atoms with E-state index in [4.69, 9.17) is 0 Å². The minimum atomic E-state index is 0.134. The third-order valence-electron chi connectivity index (χ3n) is 4.65. The van der Waals surface area contributed by atoms with Gasteiger partial charge in [0.2, 0.25) is 5.91 Å². The normalized spacial score (nSPS) is 25.3. The summed E-state index contributed by atoms with van der Waals surface area (Å²) in [6.45, 7) is 4.55. The lowest BCUT2D eigenvalue weighted by atomic mass is 9.78. The van der Waals surface area contributed by atoms with Crippen molar-refractivity contribution in [3.8, 4) is 0 Å². The van der Waals surface area contributed by atoms with Crippen LogP contribution < -0.4 is 5.32 Å². The summed E-state index contributed by atoms with van der Waals surface area (Å²) in [7, 11) is 0. The molecule has 1 aromatic carbocycles. The Morgan fingerprint density at radius 3 is 3.00 bits per heavy atom. The zero-order valence-electron chi connectivity index (χ0n) is 13.0. The van der Waals surface area contributed by atoms with Crippen LogP contribution in [0.2, 0.25) is 0 Å². The molecule has 1 N–H and O–H groups in total. The number of fused-ring (bicyclic) bond motifs is 1. The van der Waals surface area contributed by atoms with E-state index in [1.165, 1.54) is 17.5 Å². The molecule has 0 aliphatic heterocycles. The van der Waals surface area contributed by atoms with E-state index in [2.05, 4.69) is 30.2 Å². The van der Waals surface area contributed by atoms with Crippen molar-refractivity contribution in [3.63, 3.8) is 0 Å². The lowest BCUT2D eigenvalue weighted by Crippen LogP contribution is -2.44. The van der Waals surface area contributed by atoms with E-state index in [-0.39, 0.29) is 5.91 Å². The van der Waals surface area contributed by atoms with Gasteiger partial charge in [-0.25, -0.2) is 4.98 Å². The lowest BCUT2D eigenvalue weighted by Gasteiger charge is -2.34. The van der Waals surface area contributed by atoms with Crippen molar-refractivity contribution >= 4 is 39.2 Å².